The fourth-order valence-corrected chi connectivity index (χ4v) is 2.87. The summed E-state index contributed by atoms with van der Waals surface area (Å²) in [6.07, 6.45) is 0.667. The van der Waals surface area contributed by atoms with Crippen LogP contribution in [-0.2, 0) is 6.42 Å². The summed E-state index contributed by atoms with van der Waals surface area (Å²) in [5, 5.41) is 1.38. The van der Waals surface area contributed by atoms with Gasteiger partial charge in [-0.25, -0.2) is 0 Å². The highest BCUT2D eigenvalue weighted by Gasteiger charge is 2.12. The monoisotopic (exact) mass is 371 g/mol. The third-order valence-corrected chi connectivity index (χ3v) is 5.19. The Labute approximate surface area is 138 Å². The van der Waals surface area contributed by atoms with Crippen LogP contribution in [0.4, 0.5) is 0 Å². The number of halogens is 3. The Kier molecular flexibility index (Phi) is 5.14. The van der Waals surface area contributed by atoms with Crippen molar-refractivity contribution in [3.05, 3.63) is 67.1 Å². The zero-order chi connectivity index (χ0) is 14.9. The van der Waals surface area contributed by atoms with E-state index in [9.17, 15) is 0 Å². The standard InChI is InChI=1S/C16H16BrCl2N/c1-9-5-12(6-10(2)16(9)17)15(20)8-11-7-13(18)3-4-14(11)19/h3-7,15H,8,20H2,1-2H3. The Morgan fingerprint density at radius 3 is 2.30 bits per heavy atom. The van der Waals surface area contributed by atoms with Crippen molar-refractivity contribution < 1.29 is 0 Å². The number of hydrogen-bond donors (Lipinski definition) is 1. The predicted octanol–water partition coefficient (Wildman–Crippen LogP) is 5.62. The van der Waals surface area contributed by atoms with E-state index in [-0.39, 0.29) is 6.04 Å². The Hall–Kier alpha value is -0.540. The first kappa shape index (κ1) is 15.8. The molecule has 0 saturated carbocycles. The maximum atomic E-state index is 6.32. The minimum Gasteiger partial charge on any atom is -0.324 e. The van der Waals surface area contributed by atoms with Gasteiger partial charge in [-0.05, 0) is 60.7 Å². The SMILES string of the molecule is Cc1cc(C(N)Cc2cc(Cl)ccc2Cl)cc(C)c1Br. The molecule has 0 amide bonds. The lowest BCUT2D eigenvalue weighted by atomic mass is 9.96. The topological polar surface area (TPSA) is 26.0 Å². The molecule has 0 aliphatic carbocycles. The molecule has 0 heterocycles. The van der Waals surface area contributed by atoms with Crippen LogP contribution in [0.25, 0.3) is 0 Å². The molecule has 0 saturated heterocycles. The van der Waals surface area contributed by atoms with Gasteiger partial charge in [0.15, 0.2) is 0 Å². The summed E-state index contributed by atoms with van der Waals surface area (Å²) in [6, 6.07) is 9.59. The Morgan fingerprint density at radius 1 is 1.10 bits per heavy atom. The second-order valence-electron chi connectivity index (χ2n) is 5.02. The normalized spacial score (nSPS) is 12.5. The lowest BCUT2D eigenvalue weighted by molar-refractivity contribution is 0.720. The van der Waals surface area contributed by atoms with E-state index in [1.807, 2.05) is 12.1 Å². The average Bonchev–Trinajstić information content (AvgIpc) is 2.39. The van der Waals surface area contributed by atoms with Crippen LogP contribution in [0.1, 0.15) is 28.3 Å². The van der Waals surface area contributed by atoms with E-state index < -0.39 is 0 Å². The van der Waals surface area contributed by atoms with E-state index in [0.29, 0.717) is 16.5 Å². The molecule has 0 spiro atoms. The molecular formula is C16H16BrCl2N. The third kappa shape index (κ3) is 3.56. The van der Waals surface area contributed by atoms with Gasteiger partial charge >= 0.3 is 0 Å². The zero-order valence-electron chi connectivity index (χ0n) is 11.4. The van der Waals surface area contributed by atoms with Crippen LogP contribution >= 0.6 is 39.1 Å². The number of nitrogens with two attached hydrogens (primary N) is 1. The Morgan fingerprint density at radius 2 is 1.70 bits per heavy atom. The number of benzene rings is 2. The van der Waals surface area contributed by atoms with Gasteiger partial charge in [0.2, 0.25) is 0 Å². The second kappa shape index (κ2) is 6.48. The second-order valence-corrected chi connectivity index (χ2v) is 6.65. The van der Waals surface area contributed by atoms with Crippen LogP contribution in [0, 0.1) is 13.8 Å². The van der Waals surface area contributed by atoms with Gasteiger partial charge in [0, 0.05) is 20.6 Å². The maximum Gasteiger partial charge on any atom is 0.0439 e. The first-order valence-corrected chi connectivity index (χ1v) is 7.89. The van der Waals surface area contributed by atoms with E-state index in [0.717, 1.165) is 15.6 Å². The van der Waals surface area contributed by atoms with Crippen LogP contribution in [-0.4, -0.2) is 0 Å². The van der Waals surface area contributed by atoms with Gasteiger partial charge in [-0.15, -0.1) is 0 Å². The zero-order valence-corrected chi connectivity index (χ0v) is 14.5. The molecule has 0 aromatic heterocycles. The minimum absolute atomic E-state index is 0.100. The number of hydrogen-bond acceptors (Lipinski definition) is 1. The molecule has 0 aliphatic rings. The van der Waals surface area contributed by atoms with E-state index in [2.05, 4.69) is 41.9 Å². The lowest BCUT2D eigenvalue weighted by Crippen LogP contribution is -2.14. The highest BCUT2D eigenvalue weighted by atomic mass is 79.9. The molecule has 2 aromatic rings. The van der Waals surface area contributed by atoms with Crippen molar-refractivity contribution in [3.8, 4) is 0 Å². The molecule has 4 heteroatoms. The van der Waals surface area contributed by atoms with Gasteiger partial charge in [0.25, 0.3) is 0 Å². The number of rotatable bonds is 3. The molecule has 0 aliphatic heterocycles. The summed E-state index contributed by atoms with van der Waals surface area (Å²) in [5.41, 5.74) is 10.8. The largest absolute Gasteiger partial charge is 0.324 e. The van der Waals surface area contributed by atoms with Crippen molar-refractivity contribution in [2.45, 2.75) is 26.3 Å². The van der Waals surface area contributed by atoms with Crippen molar-refractivity contribution in [2.75, 3.05) is 0 Å². The fourth-order valence-electron chi connectivity index (χ4n) is 2.25. The molecule has 106 valence electrons. The van der Waals surface area contributed by atoms with Crippen LogP contribution in [0.15, 0.2) is 34.8 Å². The maximum absolute atomic E-state index is 6.32. The summed E-state index contributed by atoms with van der Waals surface area (Å²) in [7, 11) is 0. The minimum atomic E-state index is -0.100. The van der Waals surface area contributed by atoms with Gasteiger partial charge in [-0.3, -0.25) is 0 Å². The predicted molar refractivity (Wildman–Crippen MR) is 90.7 cm³/mol. The first-order valence-electron chi connectivity index (χ1n) is 6.34. The van der Waals surface area contributed by atoms with Crippen LogP contribution in [0.3, 0.4) is 0 Å². The van der Waals surface area contributed by atoms with E-state index in [1.165, 1.54) is 11.1 Å². The van der Waals surface area contributed by atoms with Gasteiger partial charge in [0.1, 0.15) is 0 Å². The van der Waals surface area contributed by atoms with Crippen LogP contribution in [0.5, 0.6) is 0 Å². The van der Waals surface area contributed by atoms with Crippen molar-refractivity contribution in [1.82, 2.24) is 0 Å². The van der Waals surface area contributed by atoms with Crippen molar-refractivity contribution in [2.24, 2.45) is 5.73 Å². The highest BCUT2D eigenvalue weighted by Crippen LogP contribution is 2.28. The fraction of sp³-hybridized carbons (Fsp3) is 0.250. The third-order valence-electron chi connectivity index (χ3n) is 3.33. The van der Waals surface area contributed by atoms with Gasteiger partial charge in [-0.1, -0.05) is 51.3 Å². The summed E-state index contributed by atoms with van der Waals surface area (Å²) in [5.74, 6) is 0. The Bertz CT molecular complexity index is 617. The molecule has 2 aromatic carbocycles. The van der Waals surface area contributed by atoms with Crippen molar-refractivity contribution in [3.63, 3.8) is 0 Å². The van der Waals surface area contributed by atoms with E-state index >= 15 is 0 Å². The smallest absolute Gasteiger partial charge is 0.0439 e. The molecule has 1 unspecified atom stereocenters. The van der Waals surface area contributed by atoms with Gasteiger partial charge in [-0.2, -0.15) is 0 Å². The molecule has 2 rings (SSSR count). The molecule has 2 N–H and O–H groups in total. The van der Waals surface area contributed by atoms with Crippen LogP contribution in [0.2, 0.25) is 10.0 Å². The molecule has 20 heavy (non-hydrogen) atoms. The summed E-state index contributed by atoms with van der Waals surface area (Å²) >= 11 is 15.8. The molecule has 0 fully saturated rings. The highest BCUT2D eigenvalue weighted by molar-refractivity contribution is 9.10. The lowest BCUT2D eigenvalue weighted by Gasteiger charge is -2.16. The molecule has 1 nitrogen and oxygen atoms in total. The van der Waals surface area contributed by atoms with Gasteiger partial charge < -0.3 is 5.73 Å². The van der Waals surface area contributed by atoms with E-state index in [4.69, 9.17) is 28.9 Å². The Balaban J connectivity index is 2.28. The van der Waals surface area contributed by atoms with Crippen molar-refractivity contribution in [1.29, 1.82) is 0 Å². The first-order chi connectivity index (χ1) is 9.38. The summed E-state index contributed by atoms with van der Waals surface area (Å²) in [4.78, 5) is 0. The summed E-state index contributed by atoms with van der Waals surface area (Å²) < 4.78 is 1.13. The van der Waals surface area contributed by atoms with Crippen LogP contribution < -0.4 is 5.73 Å². The van der Waals surface area contributed by atoms with Gasteiger partial charge in [0.05, 0.1) is 0 Å². The molecule has 0 radical (unpaired) electrons. The van der Waals surface area contributed by atoms with Crippen molar-refractivity contribution >= 4 is 39.1 Å². The number of aryl methyl sites for hydroxylation is 2. The summed E-state index contributed by atoms with van der Waals surface area (Å²) in [6.45, 7) is 4.14. The molecular weight excluding hydrogens is 357 g/mol. The molecule has 0 bridgehead atoms. The van der Waals surface area contributed by atoms with E-state index in [1.54, 1.807) is 6.07 Å². The quantitative estimate of drug-likeness (QED) is 0.743. The average molecular weight is 373 g/mol. The molecule has 1 atom stereocenters.